The average Bonchev–Trinajstić information content (AvgIpc) is 3.17. The predicted octanol–water partition coefficient (Wildman–Crippen LogP) is 2.37. The van der Waals surface area contributed by atoms with Crippen molar-refractivity contribution in [3.63, 3.8) is 0 Å². The number of aryl methyl sites for hydroxylation is 1. The van der Waals surface area contributed by atoms with Crippen molar-refractivity contribution in [3.8, 4) is 5.69 Å². The van der Waals surface area contributed by atoms with E-state index >= 15 is 0 Å². The molecule has 4 rings (SSSR count). The lowest BCUT2D eigenvalue weighted by Gasteiger charge is -2.31. The van der Waals surface area contributed by atoms with Gasteiger partial charge in [-0.1, -0.05) is 24.3 Å². The lowest BCUT2D eigenvalue weighted by molar-refractivity contribution is 0.102. The Morgan fingerprint density at radius 1 is 0.968 bits per heavy atom. The highest BCUT2D eigenvalue weighted by molar-refractivity contribution is 7.89. The van der Waals surface area contributed by atoms with Crippen LogP contribution in [0.4, 0.5) is 5.69 Å². The maximum absolute atomic E-state index is 13.0. The van der Waals surface area contributed by atoms with Crippen LogP contribution >= 0.6 is 0 Å². The molecule has 1 saturated heterocycles. The maximum atomic E-state index is 13.0. The van der Waals surface area contributed by atoms with Gasteiger partial charge < -0.3 is 10.2 Å². The number of rotatable bonds is 5. The van der Waals surface area contributed by atoms with Gasteiger partial charge >= 0.3 is 0 Å². The molecule has 1 aliphatic rings. The summed E-state index contributed by atoms with van der Waals surface area (Å²) in [6.45, 7) is 4.16. The van der Waals surface area contributed by atoms with E-state index in [-0.39, 0.29) is 10.6 Å². The van der Waals surface area contributed by atoms with Gasteiger partial charge in [0, 0.05) is 37.6 Å². The van der Waals surface area contributed by atoms with Crippen molar-refractivity contribution >= 4 is 21.6 Å². The third kappa shape index (κ3) is 4.53. The second kappa shape index (κ2) is 8.62. The summed E-state index contributed by atoms with van der Waals surface area (Å²) in [6, 6.07) is 17.6. The van der Waals surface area contributed by atoms with E-state index in [0.29, 0.717) is 31.9 Å². The molecule has 0 atom stereocenters. The van der Waals surface area contributed by atoms with E-state index in [0.717, 1.165) is 11.4 Å². The van der Waals surface area contributed by atoms with E-state index in [9.17, 15) is 13.2 Å². The van der Waals surface area contributed by atoms with Crippen LogP contribution in [0.15, 0.2) is 65.6 Å². The second-order valence-corrected chi connectivity index (χ2v) is 9.55. The number of nitrogens with one attached hydrogen (secondary N) is 1. The number of hydrogen-bond donors (Lipinski definition) is 1. The molecule has 1 fully saturated rings. The molecule has 8 nitrogen and oxygen atoms in total. The first-order valence-corrected chi connectivity index (χ1v) is 11.5. The molecular formula is C22H25N5O3S. The van der Waals surface area contributed by atoms with Gasteiger partial charge in [-0.15, -0.1) is 0 Å². The highest BCUT2D eigenvalue weighted by atomic mass is 32.2. The first-order valence-electron chi connectivity index (χ1n) is 10.1. The number of hydrogen-bond acceptors (Lipinski definition) is 5. The number of likely N-dealkylation sites (N-methyl/N-ethyl adjacent to an activating group) is 1. The molecule has 0 radical (unpaired) electrons. The van der Waals surface area contributed by atoms with Crippen molar-refractivity contribution in [3.05, 3.63) is 72.1 Å². The maximum Gasteiger partial charge on any atom is 0.276 e. The number of sulfonamides is 1. The Bertz CT molecular complexity index is 1180. The number of nitrogens with zero attached hydrogens (tertiary/aromatic N) is 4. The van der Waals surface area contributed by atoms with Gasteiger partial charge in [-0.05, 0) is 50.4 Å². The zero-order valence-electron chi connectivity index (χ0n) is 17.5. The zero-order chi connectivity index (χ0) is 22.0. The standard InChI is InChI=1S/C22H25N5O3S/c1-17-15-21(24-27(17)19-8-4-3-5-9-19)22(28)23-18-7-6-10-20(16-18)31(29,30)26-13-11-25(2)12-14-26/h3-10,15-16H,11-14H2,1-2H3,(H,23,28). The smallest absolute Gasteiger partial charge is 0.276 e. The Hall–Kier alpha value is -3.01. The molecule has 9 heteroatoms. The van der Waals surface area contributed by atoms with Gasteiger partial charge in [0.15, 0.2) is 5.69 Å². The van der Waals surface area contributed by atoms with Crippen LogP contribution in [0.25, 0.3) is 5.69 Å². The summed E-state index contributed by atoms with van der Waals surface area (Å²) >= 11 is 0. The number of para-hydroxylation sites is 1. The highest BCUT2D eigenvalue weighted by Crippen LogP contribution is 2.21. The van der Waals surface area contributed by atoms with E-state index in [2.05, 4.69) is 15.3 Å². The van der Waals surface area contributed by atoms with Gasteiger partial charge in [0.05, 0.1) is 10.6 Å². The predicted molar refractivity (Wildman–Crippen MR) is 119 cm³/mol. The van der Waals surface area contributed by atoms with E-state index in [4.69, 9.17) is 0 Å². The summed E-state index contributed by atoms with van der Waals surface area (Å²) in [5.41, 5.74) is 2.35. The third-order valence-electron chi connectivity index (χ3n) is 5.31. The third-order valence-corrected chi connectivity index (χ3v) is 7.21. The van der Waals surface area contributed by atoms with Crippen molar-refractivity contribution in [2.45, 2.75) is 11.8 Å². The number of amides is 1. The Morgan fingerprint density at radius 3 is 2.39 bits per heavy atom. The molecule has 1 N–H and O–H groups in total. The van der Waals surface area contributed by atoms with Crippen LogP contribution in [0.3, 0.4) is 0 Å². The molecule has 1 aromatic heterocycles. The highest BCUT2D eigenvalue weighted by Gasteiger charge is 2.27. The second-order valence-electron chi connectivity index (χ2n) is 7.61. The first-order chi connectivity index (χ1) is 14.8. The minimum Gasteiger partial charge on any atom is -0.321 e. The molecule has 31 heavy (non-hydrogen) atoms. The normalized spacial score (nSPS) is 15.7. The number of aromatic nitrogens is 2. The molecular weight excluding hydrogens is 414 g/mol. The van der Waals surface area contributed by atoms with Gasteiger partial charge in [0.1, 0.15) is 0 Å². The molecule has 162 valence electrons. The molecule has 0 spiro atoms. The van der Waals surface area contributed by atoms with Crippen molar-refractivity contribution in [1.29, 1.82) is 0 Å². The fourth-order valence-corrected chi connectivity index (χ4v) is 4.99. The molecule has 1 aliphatic heterocycles. The molecule has 1 amide bonds. The van der Waals surface area contributed by atoms with Crippen LogP contribution in [0.2, 0.25) is 0 Å². The van der Waals surface area contributed by atoms with Gasteiger partial charge in [-0.3, -0.25) is 4.79 Å². The topological polar surface area (TPSA) is 87.5 Å². The summed E-state index contributed by atoms with van der Waals surface area (Å²) in [5.74, 6) is -0.396. The molecule has 2 aromatic carbocycles. The summed E-state index contributed by atoms with van der Waals surface area (Å²) in [6.07, 6.45) is 0. The van der Waals surface area contributed by atoms with Crippen molar-refractivity contribution in [2.75, 3.05) is 38.5 Å². The van der Waals surface area contributed by atoms with Gasteiger partial charge in [-0.25, -0.2) is 13.1 Å². The van der Waals surface area contributed by atoms with Gasteiger partial charge in [-0.2, -0.15) is 9.40 Å². The van der Waals surface area contributed by atoms with Gasteiger partial charge in [0.2, 0.25) is 10.0 Å². The van der Waals surface area contributed by atoms with Crippen LogP contribution in [0.5, 0.6) is 0 Å². The Balaban J connectivity index is 1.52. The molecule has 0 saturated carbocycles. The van der Waals surface area contributed by atoms with E-state index in [1.165, 1.54) is 10.4 Å². The summed E-state index contributed by atoms with van der Waals surface area (Å²) in [5, 5.41) is 7.17. The van der Waals surface area contributed by atoms with Crippen LogP contribution < -0.4 is 5.32 Å². The number of anilines is 1. The molecule has 0 bridgehead atoms. The fourth-order valence-electron chi connectivity index (χ4n) is 3.52. The van der Waals surface area contributed by atoms with Crippen LogP contribution in [0, 0.1) is 6.92 Å². The van der Waals surface area contributed by atoms with Crippen molar-refractivity contribution in [1.82, 2.24) is 19.0 Å². The number of piperazine rings is 1. The van der Waals surface area contributed by atoms with Crippen LogP contribution in [-0.2, 0) is 10.0 Å². The minimum atomic E-state index is -3.61. The SMILES string of the molecule is Cc1cc(C(=O)Nc2cccc(S(=O)(=O)N3CCN(C)CC3)c2)nn1-c1ccccc1. The fraction of sp³-hybridized carbons (Fsp3) is 0.273. The monoisotopic (exact) mass is 439 g/mol. The lowest BCUT2D eigenvalue weighted by atomic mass is 10.3. The minimum absolute atomic E-state index is 0.167. The largest absolute Gasteiger partial charge is 0.321 e. The summed E-state index contributed by atoms with van der Waals surface area (Å²) < 4.78 is 29.2. The van der Waals surface area contributed by atoms with Crippen molar-refractivity contribution in [2.24, 2.45) is 0 Å². The van der Waals surface area contributed by atoms with E-state index in [1.54, 1.807) is 28.9 Å². The van der Waals surface area contributed by atoms with Crippen LogP contribution in [-0.4, -0.2) is 66.5 Å². The average molecular weight is 440 g/mol. The summed E-state index contributed by atoms with van der Waals surface area (Å²) in [4.78, 5) is 15.0. The first kappa shape index (κ1) is 21.2. The van der Waals surface area contributed by atoms with Gasteiger partial charge in [0.25, 0.3) is 5.91 Å². The Kier molecular flexibility index (Phi) is 5.90. The van der Waals surface area contributed by atoms with Crippen LogP contribution in [0.1, 0.15) is 16.2 Å². The zero-order valence-corrected chi connectivity index (χ0v) is 18.3. The Morgan fingerprint density at radius 2 is 1.68 bits per heavy atom. The van der Waals surface area contributed by atoms with Crippen molar-refractivity contribution < 1.29 is 13.2 Å². The summed E-state index contributed by atoms with van der Waals surface area (Å²) in [7, 11) is -1.64. The molecule has 0 aliphatic carbocycles. The molecule has 3 aromatic rings. The lowest BCUT2D eigenvalue weighted by Crippen LogP contribution is -2.47. The quantitative estimate of drug-likeness (QED) is 0.660. The number of carbonyl (C=O) groups excluding carboxylic acids is 1. The number of benzene rings is 2. The van der Waals surface area contributed by atoms with E-state index < -0.39 is 15.9 Å². The van der Waals surface area contributed by atoms with E-state index in [1.807, 2.05) is 44.3 Å². The Labute approximate surface area is 182 Å². The molecule has 2 heterocycles. The molecule has 0 unspecified atom stereocenters. The number of carbonyl (C=O) groups is 1.